The smallest absolute Gasteiger partial charge is 0.220 e. The van der Waals surface area contributed by atoms with Gasteiger partial charge in [-0.3, -0.25) is 4.79 Å². The van der Waals surface area contributed by atoms with E-state index in [-0.39, 0.29) is 5.43 Å². The molecule has 96 valence electrons. The summed E-state index contributed by atoms with van der Waals surface area (Å²) in [7, 11) is 2.15. The van der Waals surface area contributed by atoms with Crippen LogP contribution in [0.2, 0.25) is 0 Å². The van der Waals surface area contributed by atoms with Gasteiger partial charge in [0.25, 0.3) is 0 Å². The Morgan fingerprint density at radius 1 is 1.29 bits per heavy atom. The Bertz CT molecular complexity index is 421. The lowest BCUT2D eigenvalue weighted by atomic mass is 10.1. The van der Waals surface area contributed by atoms with Gasteiger partial charge in [-0.1, -0.05) is 19.1 Å². The molecule has 0 atom stereocenters. The normalized spacial score (nSPS) is 11.3. The van der Waals surface area contributed by atoms with Gasteiger partial charge in [0.2, 0.25) is 5.43 Å². The summed E-state index contributed by atoms with van der Waals surface area (Å²) in [4.78, 5) is 13.7. The molecule has 0 spiro atoms. The van der Waals surface area contributed by atoms with E-state index < -0.39 is 0 Å². The maximum absolute atomic E-state index is 11.4. The maximum Gasteiger partial charge on any atom is 0.220 e. The van der Waals surface area contributed by atoms with Gasteiger partial charge in [-0.2, -0.15) is 0 Å². The van der Waals surface area contributed by atoms with E-state index in [1.807, 2.05) is 6.92 Å². The van der Waals surface area contributed by atoms with Crippen LogP contribution in [0.25, 0.3) is 0 Å². The van der Waals surface area contributed by atoms with Crippen LogP contribution in [0.1, 0.15) is 31.7 Å². The van der Waals surface area contributed by atoms with Gasteiger partial charge in [0.1, 0.15) is 0 Å². The molecular weight excluding hydrogens is 232 g/mol. The molecule has 1 aromatic rings. The highest BCUT2D eigenvalue weighted by Crippen LogP contribution is 2.13. The second kappa shape index (κ2) is 6.87. The van der Waals surface area contributed by atoms with Crippen molar-refractivity contribution < 1.29 is 0 Å². The summed E-state index contributed by atoms with van der Waals surface area (Å²) in [6.07, 6.45) is 3.45. The molecule has 1 aromatic carbocycles. The first-order valence-electron chi connectivity index (χ1n) is 6.30. The summed E-state index contributed by atoms with van der Waals surface area (Å²) in [6, 6.07) is 0. The fourth-order valence-electron chi connectivity index (χ4n) is 1.93. The minimum Gasteiger partial charge on any atom is -0.382 e. The SMILES string of the molecule is CCCN(C)CCCCNc1c(C)c(=S)c1=O. The summed E-state index contributed by atoms with van der Waals surface area (Å²) >= 11 is 4.92. The summed E-state index contributed by atoms with van der Waals surface area (Å²) in [5.41, 5.74) is 1.70. The van der Waals surface area contributed by atoms with Crippen molar-refractivity contribution in [3.8, 4) is 0 Å². The predicted octanol–water partition coefficient (Wildman–Crippen LogP) is 2.49. The number of nitrogens with zero attached hydrogens (tertiary/aromatic N) is 1. The maximum atomic E-state index is 11.4. The number of hydrogen-bond acceptors (Lipinski definition) is 4. The first-order valence-corrected chi connectivity index (χ1v) is 6.71. The number of unbranched alkanes of at least 4 members (excludes halogenated alkanes) is 1. The Balaban J connectivity index is 2.14. The summed E-state index contributed by atoms with van der Waals surface area (Å²) in [5, 5.41) is 3.18. The van der Waals surface area contributed by atoms with Crippen LogP contribution in [-0.4, -0.2) is 31.6 Å². The average Bonchev–Trinajstić information content (AvgIpc) is 2.32. The molecule has 0 radical (unpaired) electrons. The van der Waals surface area contributed by atoms with E-state index in [0.29, 0.717) is 4.51 Å². The number of nitrogens with one attached hydrogen (secondary N) is 1. The molecule has 0 heterocycles. The van der Waals surface area contributed by atoms with Gasteiger partial charge in [-0.05, 0) is 51.9 Å². The minimum atomic E-state index is 0.0144. The summed E-state index contributed by atoms with van der Waals surface area (Å²) in [5.74, 6) is 0. The third-order valence-corrected chi connectivity index (χ3v) is 3.51. The first kappa shape index (κ1) is 14.3. The molecule has 4 heteroatoms. The van der Waals surface area contributed by atoms with Gasteiger partial charge < -0.3 is 10.2 Å². The van der Waals surface area contributed by atoms with Crippen LogP contribution in [0, 0.1) is 11.4 Å². The molecule has 1 rings (SSSR count). The van der Waals surface area contributed by atoms with Gasteiger partial charge >= 0.3 is 0 Å². The highest BCUT2D eigenvalue weighted by molar-refractivity contribution is 7.71. The second-order valence-corrected chi connectivity index (χ2v) is 5.00. The lowest BCUT2D eigenvalue weighted by Crippen LogP contribution is -2.22. The average molecular weight is 254 g/mol. The van der Waals surface area contributed by atoms with E-state index >= 15 is 0 Å². The zero-order valence-electron chi connectivity index (χ0n) is 11.0. The molecule has 0 unspecified atom stereocenters. The standard InChI is InChI=1S/C13H22N2OS/c1-4-8-15(3)9-6-5-7-14-11-10(2)13(17)12(11)16/h14H,4-9H2,1-3H3. The molecule has 0 aromatic heterocycles. The zero-order valence-corrected chi connectivity index (χ0v) is 11.8. The Labute approximate surface area is 109 Å². The van der Waals surface area contributed by atoms with Crippen molar-refractivity contribution in [3.63, 3.8) is 0 Å². The van der Waals surface area contributed by atoms with Gasteiger partial charge in [-0.25, -0.2) is 0 Å². The molecule has 0 aliphatic heterocycles. The van der Waals surface area contributed by atoms with Crippen molar-refractivity contribution in [2.24, 2.45) is 0 Å². The summed E-state index contributed by atoms with van der Waals surface area (Å²) < 4.78 is 0.496. The van der Waals surface area contributed by atoms with Crippen LogP contribution >= 0.6 is 12.2 Å². The molecule has 0 fully saturated rings. The van der Waals surface area contributed by atoms with Crippen LogP contribution in [-0.2, 0) is 0 Å². The fourth-order valence-corrected chi connectivity index (χ4v) is 2.14. The first-order chi connectivity index (χ1) is 8.07. The van der Waals surface area contributed by atoms with Crippen molar-refractivity contribution in [2.75, 3.05) is 32.0 Å². The number of hydrogen-bond donors (Lipinski definition) is 1. The fraction of sp³-hybridized carbons (Fsp3) is 0.692. The van der Waals surface area contributed by atoms with Crippen molar-refractivity contribution in [2.45, 2.75) is 33.1 Å². The number of anilines is 1. The molecule has 3 nitrogen and oxygen atoms in total. The Hall–Kier alpha value is -0.740. The van der Waals surface area contributed by atoms with Crippen LogP contribution in [0.4, 0.5) is 5.69 Å². The van der Waals surface area contributed by atoms with Crippen LogP contribution in [0.15, 0.2) is 4.79 Å². The topological polar surface area (TPSA) is 32.3 Å². The Morgan fingerprint density at radius 3 is 2.59 bits per heavy atom. The molecule has 0 aliphatic rings. The van der Waals surface area contributed by atoms with E-state index in [2.05, 4.69) is 24.2 Å². The number of rotatable bonds is 8. The molecule has 0 saturated carbocycles. The van der Waals surface area contributed by atoms with Gasteiger partial charge in [0.05, 0.1) is 10.2 Å². The van der Waals surface area contributed by atoms with E-state index in [4.69, 9.17) is 12.2 Å². The van der Waals surface area contributed by atoms with Gasteiger partial charge in [-0.15, -0.1) is 0 Å². The van der Waals surface area contributed by atoms with Crippen LogP contribution in [0.3, 0.4) is 0 Å². The van der Waals surface area contributed by atoms with E-state index in [9.17, 15) is 4.79 Å². The van der Waals surface area contributed by atoms with E-state index in [1.54, 1.807) is 0 Å². The highest BCUT2D eigenvalue weighted by Gasteiger charge is 2.12. The van der Waals surface area contributed by atoms with E-state index in [1.165, 1.54) is 6.42 Å². The Morgan fingerprint density at radius 2 is 2.00 bits per heavy atom. The highest BCUT2D eigenvalue weighted by atomic mass is 32.1. The molecule has 17 heavy (non-hydrogen) atoms. The second-order valence-electron chi connectivity index (χ2n) is 4.60. The van der Waals surface area contributed by atoms with Crippen LogP contribution in [0.5, 0.6) is 0 Å². The van der Waals surface area contributed by atoms with Crippen LogP contribution < -0.4 is 10.7 Å². The third kappa shape index (κ3) is 3.89. The molecule has 0 saturated heterocycles. The molecular formula is C13H22N2OS. The quantitative estimate of drug-likeness (QED) is 0.570. The van der Waals surface area contributed by atoms with E-state index in [0.717, 1.165) is 43.7 Å². The van der Waals surface area contributed by atoms with Crippen molar-refractivity contribution in [1.82, 2.24) is 4.90 Å². The van der Waals surface area contributed by atoms with Gasteiger partial charge in [0, 0.05) is 6.54 Å². The monoisotopic (exact) mass is 254 g/mol. The van der Waals surface area contributed by atoms with Gasteiger partial charge in [0.15, 0.2) is 0 Å². The van der Waals surface area contributed by atoms with Crippen molar-refractivity contribution in [1.29, 1.82) is 0 Å². The summed E-state index contributed by atoms with van der Waals surface area (Å²) in [6.45, 7) is 7.24. The molecule has 0 bridgehead atoms. The minimum absolute atomic E-state index is 0.0144. The van der Waals surface area contributed by atoms with Crippen molar-refractivity contribution in [3.05, 3.63) is 20.3 Å². The third-order valence-electron chi connectivity index (χ3n) is 3.02. The molecule has 0 amide bonds. The molecule has 0 aliphatic carbocycles. The molecule has 1 N–H and O–H groups in total. The van der Waals surface area contributed by atoms with Crippen molar-refractivity contribution >= 4 is 17.9 Å². The largest absolute Gasteiger partial charge is 0.382 e. The zero-order chi connectivity index (χ0) is 12.8. The lowest BCUT2D eigenvalue weighted by molar-refractivity contribution is 0.328. The predicted molar refractivity (Wildman–Crippen MR) is 76.2 cm³/mol. The Kier molecular flexibility index (Phi) is 5.78. The lowest BCUT2D eigenvalue weighted by Gasteiger charge is -2.15.